The number of hydrogen-bond donors (Lipinski definition) is 2. The summed E-state index contributed by atoms with van der Waals surface area (Å²) in [5.74, 6) is 1.72. The summed E-state index contributed by atoms with van der Waals surface area (Å²) in [6.07, 6.45) is 7.90. The van der Waals surface area contributed by atoms with E-state index in [1.54, 1.807) is 11.3 Å². The summed E-state index contributed by atoms with van der Waals surface area (Å²) < 4.78 is 0. The molecule has 1 aliphatic carbocycles. The molecule has 0 amide bonds. The highest BCUT2D eigenvalue weighted by Crippen LogP contribution is 2.42. The molecule has 0 spiro atoms. The molecule has 2 N–H and O–H groups in total. The maximum Gasteiger partial charge on any atom is 0.191 e. The molecule has 2 heterocycles. The number of nitrogens with zero attached hydrogens (tertiary/aromatic N) is 3. The van der Waals surface area contributed by atoms with E-state index in [2.05, 4.69) is 44.7 Å². The van der Waals surface area contributed by atoms with Crippen molar-refractivity contribution in [3.8, 4) is 0 Å². The van der Waals surface area contributed by atoms with Crippen LogP contribution in [0.3, 0.4) is 0 Å². The SMILES string of the molecule is CCC1(CNC(=NC)NCC2CCN(Cc3csc(C)n3)CC2)CCC1.I. The predicted octanol–water partition coefficient (Wildman–Crippen LogP) is 4.03. The van der Waals surface area contributed by atoms with Gasteiger partial charge in [0, 0.05) is 32.1 Å². The van der Waals surface area contributed by atoms with Crippen LogP contribution < -0.4 is 10.6 Å². The Bertz CT molecular complexity index is 585. The average molecular weight is 506 g/mol. The third kappa shape index (κ3) is 6.56. The summed E-state index contributed by atoms with van der Waals surface area (Å²) in [4.78, 5) is 11.6. The van der Waals surface area contributed by atoms with Gasteiger partial charge < -0.3 is 10.6 Å². The van der Waals surface area contributed by atoms with Crippen molar-refractivity contribution in [2.75, 3.05) is 33.2 Å². The lowest BCUT2D eigenvalue weighted by molar-refractivity contribution is 0.131. The topological polar surface area (TPSA) is 52.6 Å². The second-order valence-electron chi connectivity index (χ2n) is 8.09. The summed E-state index contributed by atoms with van der Waals surface area (Å²) in [5.41, 5.74) is 1.76. The molecule has 0 radical (unpaired) electrons. The number of nitrogens with one attached hydrogen (secondary N) is 2. The molecule has 0 bridgehead atoms. The second-order valence-corrected chi connectivity index (χ2v) is 9.15. The van der Waals surface area contributed by atoms with Gasteiger partial charge >= 0.3 is 0 Å². The van der Waals surface area contributed by atoms with Crippen molar-refractivity contribution in [1.29, 1.82) is 0 Å². The first-order chi connectivity index (χ1) is 12.6. The van der Waals surface area contributed by atoms with Crippen LogP contribution in [0.15, 0.2) is 10.4 Å². The monoisotopic (exact) mass is 505 g/mol. The molecule has 1 saturated carbocycles. The first-order valence-electron chi connectivity index (χ1n) is 10.2. The van der Waals surface area contributed by atoms with Gasteiger partial charge in [0.1, 0.15) is 0 Å². The van der Waals surface area contributed by atoms with Gasteiger partial charge in [-0.25, -0.2) is 4.98 Å². The summed E-state index contributed by atoms with van der Waals surface area (Å²) >= 11 is 1.75. The Morgan fingerprint density at radius 2 is 2.07 bits per heavy atom. The molecular weight excluding hydrogens is 469 g/mol. The number of rotatable bonds is 7. The van der Waals surface area contributed by atoms with Crippen LogP contribution >= 0.6 is 35.3 Å². The van der Waals surface area contributed by atoms with Gasteiger partial charge in [0.15, 0.2) is 5.96 Å². The zero-order valence-electron chi connectivity index (χ0n) is 17.1. The summed E-state index contributed by atoms with van der Waals surface area (Å²) in [6, 6.07) is 0. The molecule has 0 aromatic carbocycles. The molecule has 2 fully saturated rings. The maximum absolute atomic E-state index is 4.59. The summed E-state index contributed by atoms with van der Waals surface area (Å²) in [5, 5.41) is 10.5. The lowest BCUT2D eigenvalue weighted by atomic mass is 9.67. The van der Waals surface area contributed by atoms with Crippen LogP contribution in [0.1, 0.15) is 56.2 Å². The van der Waals surface area contributed by atoms with Gasteiger partial charge in [-0.05, 0) is 63.5 Å². The Balaban J connectivity index is 0.00000261. The molecule has 7 heteroatoms. The van der Waals surface area contributed by atoms with Gasteiger partial charge in [0.25, 0.3) is 0 Å². The smallest absolute Gasteiger partial charge is 0.191 e. The van der Waals surface area contributed by atoms with E-state index in [0.29, 0.717) is 5.41 Å². The molecule has 27 heavy (non-hydrogen) atoms. The number of aliphatic imine (C=N–C) groups is 1. The minimum Gasteiger partial charge on any atom is -0.356 e. The fourth-order valence-electron chi connectivity index (χ4n) is 4.12. The predicted molar refractivity (Wildman–Crippen MR) is 126 cm³/mol. The van der Waals surface area contributed by atoms with E-state index >= 15 is 0 Å². The Hall–Kier alpha value is -0.410. The van der Waals surface area contributed by atoms with Crippen molar-refractivity contribution >= 4 is 41.3 Å². The second kappa shape index (κ2) is 11.0. The highest BCUT2D eigenvalue weighted by atomic mass is 127. The van der Waals surface area contributed by atoms with E-state index in [0.717, 1.165) is 31.5 Å². The number of likely N-dealkylation sites (tertiary alicyclic amines) is 1. The quantitative estimate of drug-likeness (QED) is 0.334. The van der Waals surface area contributed by atoms with Crippen molar-refractivity contribution in [2.45, 2.75) is 58.9 Å². The van der Waals surface area contributed by atoms with Crippen LogP contribution in [0.4, 0.5) is 0 Å². The molecule has 3 rings (SSSR count). The number of hydrogen-bond acceptors (Lipinski definition) is 4. The first kappa shape index (κ1) is 22.9. The van der Waals surface area contributed by atoms with E-state index < -0.39 is 0 Å². The van der Waals surface area contributed by atoms with Crippen LogP contribution in [0.2, 0.25) is 0 Å². The van der Waals surface area contributed by atoms with Gasteiger partial charge in [0.05, 0.1) is 10.7 Å². The lowest BCUT2D eigenvalue weighted by Gasteiger charge is -2.41. The van der Waals surface area contributed by atoms with Crippen molar-refractivity contribution < 1.29 is 0 Å². The molecule has 0 unspecified atom stereocenters. The van der Waals surface area contributed by atoms with Gasteiger partial charge in [-0.1, -0.05) is 13.3 Å². The van der Waals surface area contributed by atoms with Gasteiger partial charge in [-0.15, -0.1) is 35.3 Å². The van der Waals surface area contributed by atoms with Crippen molar-refractivity contribution in [2.24, 2.45) is 16.3 Å². The third-order valence-corrected chi connectivity index (χ3v) is 7.16. The van der Waals surface area contributed by atoms with Crippen LogP contribution in [0.5, 0.6) is 0 Å². The lowest BCUT2D eigenvalue weighted by Crippen LogP contribution is -2.47. The molecule has 2 aliphatic rings. The van der Waals surface area contributed by atoms with E-state index in [1.807, 2.05) is 7.05 Å². The minimum atomic E-state index is 0. The number of halogens is 1. The third-order valence-electron chi connectivity index (χ3n) is 6.34. The Labute approximate surface area is 185 Å². The van der Waals surface area contributed by atoms with Crippen LogP contribution in [-0.2, 0) is 6.54 Å². The standard InChI is InChI=1S/C20H35N5S.HI/c1-4-20(8-5-9-20)15-23-19(21-3)22-12-17-6-10-25(11-7-17)13-18-14-26-16(2)24-18;/h14,17H,4-13,15H2,1-3H3,(H2,21,22,23);1H. The summed E-state index contributed by atoms with van der Waals surface area (Å²) in [6.45, 7) is 9.85. The van der Waals surface area contributed by atoms with E-state index in [4.69, 9.17) is 0 Å². The fraction of sp³-hybridized carbons (Fsp3) is 0.800. The first-order valence-corrected chi connectivity index (χ1v) is 11.1. The van der Waals surface area contributed by atoms with E-state index in [1.165, 1.54) is 62.3 Å². The van der Waals surface area contributed by atoms with Gasteiger partial charge in [0.2, 0.25) is 0 Å². The van der Waals surface area contributed by atoms with E-state index in [9.17, 15) is 0 Å². The number of aromatic nitrogens is 1. The molecule has 1 saturated heterocycles. The highest BCUT2D eigenvalue weighted by molar-refractivity contribution is 14.0. The molecular formula is C20H36IN5S. The maximum atomic E-state index is 4.59. The molecule has 5 nitrogen and oxygen atoms in total. The number of aryl methyl sites for hydroxylation is 1. The van der Waals surface area contributed by atoms with Gasteiger partial charge in [-0.3, -0.25) is 9.89 Å². The molecule has 1 aliphatic heterocycles. The number of piperidine rings is 1. The Morgan fingerprint density at radius 1 is 1.33 bits per heavy atom. The van der Waals surface area contributed by atoms with Crippen molar-refractivity contribution in [3.05, 3.63) is 16.1 Å². The Kier molecular flexibility index (Phi) is 9.28. The van der Waals surface area contributed by atoms with Gasteiger partial charge in [-0.2, -0.15) is 0 Å². The minimum absolute atomic E-state index is 0. The molecule has 1 aromatic heterocycles. The number of guanidine groups is 1. The Morgan fingerprint density at radius 3 is 2.59 bits per heavy atom. The van der Waals surface area contributed by atoms with Crippen LogP contribution in [-0.4, -0.2) is 49.1 Å². The highest BCUT2D eigenvalue weighted by Gasteiger charge is 2.34. The van der Waals surface area contributed by atoms with E-state index in [-0.39, 0.29) is 24.0 Å². The zero-order valence-corrected chi connectivity index (χ0v) is 20.2. The largest absolute Gasteiger partial charge is 0.356 e. The fourth-order valence-corrected chi connectivity index (χ4v) is 4.73. The zero-order chi connectivity index (χ0) is 18.4. The molecule has 0 atom stereocenters. The average Bonchev–Trinajstić information content (AvgIpc) is 3.03. The summed E-state index contributed by atoms with van der Waals surface area (Å²) in [7, 11) is 1.88. The van der Waals surface area contributed by atoms with Crippen LogP contribution in [0, 0.1) is 18.3 Å². The van der Waals surface area contributed by atoms with Crippen LogP contribution in [0.25, 0.3) is 0 Å². The number of thiazole rings is 1. The van der Waals surface area contributed by atoms with Crippen molar-refractivity contribution in [1.82, 2.24) is 20.5 Å². The normalized spacial score (nSPS) is 20.6. The molecule has 154 valence electrons. The molecule has 1 aromatic rings. The van der Waals surface area contributed by atoms with Crippen molar-refractivity contribution in [3.63, 3.8) is 0 Å².